The van der Waals surface area contributed by atoms with Crippen LogP contribution in [0.1, 0.15) is 29.8 Å². The molecule has 0 bridgehead atoms. The van der Waals surface area contributed by atoms with Crippen molar-refractivity contribution in [3.05, 3.63) is 39.6 Å². The molecule has 0 aromatic carbocycles. The van der Waals surface area contributed by atoms with E-state index in [2.05, 4.69) is 31.3 Å². The average Bonchev–Trinajstić information content (AvgIpc) is 3.04. The quantitative estimate of drug-likeness (QED) is 0.469. The number of hydrogen-bond acceptors (Lipinski definition) is 4. The molecule has 12 heteroatoms. The molecule has 2 N–H and O–H groups in total. The van der Waals surface area contributed by atoms with Gasteiger partial charge in [-0.05, 0) is 28.4 Å². The molecule has 0 saturated carbocycles. The normalized spacial score (nSPS) is 19.7. The molecule has 0 saturated heterocycles. The molecule has 2 aromatic rings. The maximum Gasteiger partial charge on any atom is 0.322 e. The molecule has 30 heavy (non-hydrogen) atoms. The Morgan fingerprint density at radius 1 is 1.40 bits per heavy atom. The van der Waals surface area contributed by atoms with E-state index in [0.29, 0.717) is 24.9 Å². The fraction of sp³-hybridized carbons (Fsp3) is 0.500. The molecule has 4 heterocycles. The Bertz CT molecular complexity index is 940. The van der Waals surface area contributed by atoms with Crippen molar-refractivity contribution in [3.8, 4) is 0 Å². The van der Waals surface area contributed by atoms with E-state index in [0.717, 1.165) is 0 Å². The summed E-state index contributed by atoms with van der Waals surface area (Å²) in [6.07, 6.45) is 0.249. The first-order valence-corrected chi connectivity index (χ1v) is 9.94. The van der Waals surface area contributed by atoms with Gasteiger partial charge in [0.05, 0.1) is 37.8 Å². The van der Waals surface area contributed by atoms with Gasteiger partial charge in [-0.2, -0.15) is 13.9 Å². The maximum absolute atomic E-state index is 14.7. The van der Waals surface area contributed by atoms with E-state index in [1.165, 1.54) is 21.8 Å². The molecule has 4 rings (SSSR count). The van der Waals surface area contributed by atoms with E-state index in [1.807, 2.05) is 0 Å². The van der Waals surface area contributed by atoms with Gasteiger partial charge in [0.15, 0.2) is 5.82 Å². The Kier molecular flexibility index (Phi) is 6.65. The van der Waals surface area contributed by atoms with Crippen LogP contribution in [0.4, 0.5) is 28.0 Å². The largest absolute Gasteiger partial charge is 0.391 e. The predicted octanol–water partition coefficient (Wildman–Crippen LogP) is 3.60. The summed E-state index contributed by atoms with van der Waals surface area (Å²) in [5, 5.41) is 16.6. The van der Waals surface area contributed by atoms with Gasteiger partial charge in [0.2, 0.25) is 0 Å². The topological polar surface area (TPSA) is 83.3 Å². The highest BCUT2D eigenvalue weighted by Gasteiger charge is 2.43. The third-order valence-electron chi connectivity index (χ3n) is 5.00. The Hall–Kier alpha value is -2.21. The highest BCUT2D eigenvalue weighted by Crippen LogP contribution is 2.40. The number of fused-ring (bicyclic) bond motifs is 3. The molecule has 2 aliphatic heterocycles. The van der Waals surface area contributed by atoms with Gasteiger partial charge in [0.25, 0.3) is 5.92 Å². The second-order valence-electron chi connectivity index (χ2n) is 6.92. The number of urea groups is 1. The van der Waals surface area contributed by atoms with Gasteiger partial charge in [-0.25, -0.2) is 14.2 Å². The molecule has 164 valence electrons. The molecule has 0 radical (unpaired) electrons. The summed E-state index contributed by atoms with van der Waals surface area (Å²) in [5.74, 6) is -3.85. The number of hydrogen-bond donors (Lipinski definition) is 2. The number of anilines is 1. The lowest BCUT2D eigenvalue weighted by Gasteiger charge is -2.28. The van der Waals surface area contributed by atoms with Crippen molar-refractivity contribution >= 4 is 27.6 Å². The number of aliphatic hydroxyl groups is 1. The summed E-state index contributed by atoms with van der Waals surface area (Å²) in [7, 11) is 0.500. The summed E-state index contributed by atoms with van der Waals surface area (Å²) in [5.41, 5.74) is 0.511. The minimum atomic E-state index is -3.14. The highest BCUT2D eigenvalue weighted by molar-refractivity contribution is 9.10. The number of pyridine rings is 1. The molecular weight excluding hydrogens is 474 g/mol. The molecule has 2 aromatic heterocycles. The lowest BCUT2D eigenvalue weighted by atomic mass is 10.00. The number of halogens is 5. The van der Waals surface area contributed by atoms with Gasteiger partial charge in [-0.15, -0.1) is 0 Å². The van der Waals surface area contributed by atoms with Crippen LogP contribution in [0.3, 0.4) is 0 Å². The van der Waals surface area contributed by atoms with E-state index in [-0.39, 0.29) is 42.0 Å². The lowest BCUT2D eigenvalue weighted by molar-refractivity contribution is -0.0248. The second kappa shape index (κ2) is 8.88. The number of alkyl halides is 3. The van der Waals surface area contributed by atoms with Crippen LogP contribution in [0, 0.1) is 5.82 Å². The number of carbonyl (C=O) groups is 1. The van der Waals surface area contributed by atoms with E-state index in [4.69, 9.17) is 0 Å². The minimum Gasteiger partial charge on any atom is -0.391 e. The number of nitrogens with zero attached hydrogens (tertiary/aromatic N) is 4. The Morgan fingerprint density at radius 2 is 2.13 bits per heavy atom. The van der Waals surface area contributed by atoms with Crippen LogP contribution in [0.15, 0.2) is 16.9 Å². The van der Waals surface area contributed by atoms with Crippen molar-refractivity contribution in [2.45, 2.75) is 44.4 Å². The van der Waals surface area contributed by atoms with Crippen molar-refractivity contribution in [1.82, 2.24) is 19.7 Å². The number of carbonyl (C=O) groups excluding carboxylic acids is 1. The zero-order valence-electron chi connectivity index (χ0n) is 16.0. The minimum absolute atomic E-state index is 0.000370. The molecule has 0 spiro atoms. The van der Waals surface area contributed by atoms with Crippen molar-refractivity contribution in [1.29, 1.82) is 0 Å². The van der Waals surface area contributed by atoms with Gasteiger partial charge >= 0.3 is 6.03 Å². The zero-order valence-corrected chi connectivity index (χ0v) is 17.6. The van der Waals surface area contributed by atoms with Crippen LogP contribution >= 0.6 is 15.9 Å². The van der Waals surface area contributed by atoms with E-state index < -0.39 is 30.3 Å². The summed E-state index contributed by atoms with van der Waals surface area (Å²) in [4.78, 5) is 17.6. The number of rotatable bonds is 1. The fourth-order valence-corrected chi connectivity index (χ4v) is 3.94. The smallest absolute Gasteiger partial charge is 0.322 e. The number of aliphatic hydroxyl groups excluding tert-OH is 1. The molecule has 0 fully saturated rings. The maximum atomic E-state index is 14.7. The van der Waals surface area contributed by atoms with Gasteiger partial charge in [-0.1, -0.05) is 0 Å². The molecule has 1 atom stereocenters. The SMILES string of the molecule is CF.O=C(Nc1ccnc(Br)c1F)N1CCc2nn3c(c2C1)C(F)(F)CCC(O)C3. The van der Waals surface area contributed by atoms with Crippen LogP contribution in [0.5, 0.6) is 0 Å². The van der Waals surface area contributed by atoms with Gasteiger partial charge in [0, 0.05) is 31.1 Å². The van der Waals surface area contributed by atoms with E-state index >= 15 is 0 Å². The molecule has 0 aliphatic carbocycles. The van der Waals surface area contributed by atoms with Crippen LogP contribution < -0.4 is 5.32 Å². The van der Waals surface area contributed by atoms with E-state index in [1.54, 1.807) is 0 Å². The summed E-state index contributed by atoms with van der Waals surface area (Å²) < 4.78 is 54.0. The van der Waals surface area contributed by atoms with Crippen LogP contribution in [0.2, 0.25) is 0 Å². The number of aromatic nitrogens is 3. The Labute approximate surface area is 178 Å². The Morgan fingerprint density at radius 3 is 2.87 bits per heavy atom. The van der Waals surface area contributed by atoms with Crippen LogP contribution in [-0.4, -0.2) is 50.6 Å². The van der Waals surface area contributed by atoms with Crippen LogP contribution in [-0.2, 0) is 25.4 Å². The summed E-state index contributed by atoms with van der Waals surface area (Å²) >= 11 is 2.95. The van der Waals surface area contributed by atoms with Crippen LogP contribution in [0.25, 0.3) is 0 Å². The first kappa shape index (κ1) is 22.5. The average molecular weight is 494 g/mol. The summed E-state index contributed by atoms with van der Waals surface area (Å²) in [6.45, 7) is 0.202. The lowest BCUT2D eigenvalue weighted by Crippen LogP contribution is -2.39. The van der Waals surface area contributed by atoms with Crippen molar-refractivity contribution in [2.24, 2.45) is 0 Å². The third-order valence-corrected chi connectivity index (χ3v) is 5.55. The highest BCUT2D eigenvalue weighted by atomic mass is 79.9. The molecule has 2 aliphatic rings. The number of nitrogens with one attached hydrogen (secondary N) is 1. The van der Waals surface area contributed by atoms with Crippen molar-refractivity contribution in [3.63, 3.8) is 0 Å². The van der Waals surface area contributed by atoms with E-state index in [9.17, 15) is 27.5 Å². The summed E-state index contributed by atoms with van der Waals surface area (Å²) in [6, 6.07) is 0.717. The monoisotopic (exact) mass is 493 g/mol. The zero-order chi connectivity index (χ0) is 22.1. The predicted molar refractivity (Wildman–Crippen MR) is 103 cm³/mol. The molecular formula is C18H20BrF4N5O2. The Balaban J connectivity index is 0.00000124. The van der Waals surface area contributed by atoms with Gasteiger partial charge < -0.3 is 15.3 Å². The molecule has 1 unspecified atom stereocenters. The third kappa shape index (κ3) is 4.29. The molecule has 2 amide bonds. The fourth-order valence-electron chi connectivity index (χ4n) is 3.61. The van der Waals surface area contributed by atoms with Gasteiger partial charge in [-0.3, -0.25) is 9.07 Å². The second-order valence-corrected chi connectivity index (χ2v) is 7.67. The first-order chi connectivity index (χ1) is 14.3. The standard InChI is InChI=1S/C17H17BrF3N5O2.CH3F/c18-15-13(19)12(2-5-22-15)23-16(28)25-6-3-11-10(8-25)14-17(20,21)4-1-9(27)7-26(14)24-11;1-2/h2,5,9,27H,1,3-4,6-8H2,(H,22,23,28);1H3. The van der Waals surface area contributed by atoms with Crippen molar-refractivity contribution < 1.29 is 27.5 Å². The van der Waals surface area contributed by atoms with Gasteiger partial charge in [0.1, 0.15) is 10.3 Å². The molecule has 7 nitrogen and oxygen atoms in total. The van der Waals surface area contributed by atoms with Crippen molar-refractivity contribution in [2.75, 3.05) is 19.0 Å². The number of amides is 2. The first-order valence-electron chi connectivity index (χ1n) is 9.15.